The van der Waals surface area contributed by atoms with E-state index < -0.39 is 0 Å². The van der Waals surface area contributed by atoms with Gasteiger partial charge in [0.05, 0.1) is 23.6 Å². The molecule has 43 heavy (non-hydrogen) atoms. The quantitative estimate of drug-likeness (QED) is 0.145. The summed E-state index contributed by atoms with van der Waals surface area (Å²) in [6.45, 7) is 12.2. The van der Waals surface area contributed by atoms with Crippen molar-refractivity contribution in [2.75, 3.05) is 5.32 Å². The Labute approximate surface area is 252 Å². The molecule has 0 spiro atoms. The number of amides is 2. The van der Waals surface area contributed by atoms with Gasteiger partial charge in [-0.25, -0.2) is 9.48 Å². The van der Waals surface area contributed by atoms with Gasteiger partial charge in [0.15, 0.2) is 0 Å². The summed E-state index contributed by atoms with van der Waals surface area (Å²) in [4.78, 5) is 13.4. The molecular formula is C34H41N7O2. The standard InChI is InChI=1S/C34H41N7O2/c1-21(2)32(36)40-20-24(15-18-30(40)35)43-28-17-16-27(25-9-7-8-10-26(25)28)37-33(42)38-31-19-29(34(4,5)6)39-41(31)23-13-11-22(3)12-14-23/h7-15,18-21,27-28,35-36H,16-17H2,1-6H3,(H2,37,38,42)/t27-,28+/m0/s1. The fourth-order valence-electron chi connectivity index (χ4n) is 5.25. The number of carbonyl (C=O) groups is 1. The largest absolute Gasteiger partial charge is 0.484 e. The van der Waals surface area contributed by atoms with Gasteiger partial charge < -0.3 is 10.1 Å². The van der Waals surface area contributed by atoms with Crippen LogP contribution in [0.4, 0.5) is 10.6 Å². The van der Waals surface area contributed by atoms with E-state index in [0.29, 0.717) is 30.2 Å². The number of aromatic nitrogens is 3. The number of rotatable bonds is 6. The van der Waals surface area contributed by atoms with E-state index in [2.05, 4.69) is 31.4 Å². The van der Waals surface area contributed by atoms with Crippen molar-refractivity contribution in [2.24, 2.45) is 5.92 Å². The second kappa shape index (κ2) is 11.9. The molecule has 2 heterocycles. The summed E-state index contributed by atoms with van der Waals surface area (Å²) in [5.74, 6) is 1.53. The molecular weight excluding hydrogens is 538 g/mol. The minimum atomic E-state index is -0.299. The minimum absolute atomic E-state index is 0.0201. The third-order valence-electron chi connectivity index (χ3n) is 7.75. The van der Waals surface area contributed by atoms with Gasteiger partial charge in [-0.15, -0.1) is 0 Å². The van der Waals surface area contributed by atoms with Crippen molar-refractivity contribution in [3.63, 3.8) is 0 Å². The molecule has 1 aliphatic rings. The first-order valence-corrected chi connectivity index (χ1v) is 14.8. The highest BCUT2D eigenvalue weighted by Crippen LogP contribution is 2.38. The van der Waals surface area contributed by atoms with Gasteiger partial charge >= 0.3 is 6.03 Å². The number of hydrogen-bond donors (Lipinski definition) is 4. The van der Waals surface area contributed by atoms with Gasteiger partial charge in [0.25, 0.3) is 0 Å². The molecule has 0 fully saturated rings. The molecule has 4 aromatic rings. The van der Waals surface area contributed by atoms with E-state index in [-0.39, 0.29) is 35.0 Å². The highest BCUT2D eigenvalue weighted by atomic mass is 16.5. The smallest absolute Gasteiger partial charge is 0.320 e. The molecule has 0 aliphatic heterocycles. The van der Waals surface area contributed by atoms with Crippen LogP contribution in [0.15, 0.2) is 72.9 Å². The maximum absolute atomic E-state index is 13.4. The average molecular weight is 580 g/mol. The number of carbonyl (C=O) groups excluding carboxylic acids is 1. The van der Waals surface area contributed by atoms with Gasteiger partial charge in [0.2, 0.25) is 0 Å². The first-order chi connectivity index (χ1) is 20.4. The summed E-state index contributed by atoms with van der Waals surface area (Å²) in [6.07, 6.45) is 2.89. The van der Waals surface area contributed by atoms with E-state index in [1.807, 2.05) is 75.4 Å². The second-order valence-electron chi connectivity index (χ2n) is 12.5. The zero-order valence-electron chi connectivity index (χ0n) is 25.7. The van der Waals surface area contributed by atoms with E-state index in [1.54, 1.807) is 27.6 Å². The van der Waals surface area contributed by atoms with Crippen LogP contribution >= 0.6 is 0 Å². The highest BCUT2D eigenvalue weighted by Gasteiger charge is 2.30. The molecule has 2 atom stereocenters. The number of aryl methyl sites for hydroxylation is 1. The predicted octanol–water partition coefficient (Wildman–Crippen LogP) is 7.02. The molecule has 0 radical (unpaired) electrons. The summed E-state index contributed by atoms with van der Waals surface area (Å²) in [6, 6.07) is 21.0. The second-order valence-corrected chi connectivity index (χ2v) is 12.5. The van der Waals surface area contributed by atoms with Crippen molar-refractivity contribution in [1.29, 1.82) is 10.8 Å². The maximum Gasteiger partial charge on any atom is 0.320 e. The molecule has 4 N–H and O–H groups in total. The van der Waals surface area contributed by atoms with Crippen LogP contribution in [-0.4, -0.2) is 26.2 Å². The first kappa shape index (κ1) is 29.8. The van der Waals surface area contributed by atoms with Crippen LogP contribution in [0.1, 0.15) is 82.0 Å². The van der Waals surface area contributed by atoms with Crippen molar-refractivity contribution in [3.05, 3.63) is 101 Å². The van der Waals surface area contributed by atoms with Gasteiger partial charge in [-0.2, -0.15) is 5.10 Å². The fraction of sp³-hybridized carbons (Fsp3) is 0.353. The zero-order valence-corrected chi connectivity index (χ0v) is 25.7. The Hall–Kier alpha value is -4.66. The molecule has 9 heteroatoms. The SMILES string of the molecule is Cc1ccc(-n2nc(C(C)(C)C)cc2NC(=O)N[C@H]2CC[C@@H](Oc3ccc(=N)n(C(=N)C(C)C)c3)c3ccccc32)cc1. The Morgan fingerprint density at radius 1 is 1.02 bits per heavy atom. The number of urea groups is 1. The lowest BCUT2D eigenvalue weighted by molar-refractivity contribution is 0.171. The lowest BCUT2D eigenvalue weighted by Gasteiger charge is -2.32. The molecule has 2 aromatic heterocycles. The van der Waals surface area contributed by atoms with E-state index >= 15 is 0 Å². The lowest BCUT2D eigenvalue weighted by atomic mass is 9.85. The number of ether oxygens (including phenoxy) is 1. The van der Waals surface area contributed by atoms with Crippen molar-refractivity contribution in [1.82, 2.24) is 19.7 Å². The van der Waals surface area contributed by atoms with Gasteiger partial charge in [0.1, 0.15) is 29.0 Å². The molecule has 0 saturated carbocycles. The zero-order chi connectivity index (χ0) is 30.9. The lowest BCUT2D eigenvalue weighted by Crippen LogP contribution is -2.36. The van der Waals surface area contributed by atoms with Crippen molar-refractivity contribution in [3.8, 4) is 11.4 Å². The van der Waals surface area contributed by atoms with Crippen molar-refractivity contribution >= 4 is 17.7 Å². The predicted molar refractivity (Wildman–Crippen MR) is 169 cm³/mol. The summed E-state index contributed by atoms with van der Waals surface area (Å²) < 4.78 is 9.76. The van der Waals surface area contributed by atoms with Crippen LogP contribution in [0.3, 0.4) is 0 Å². The van der Waals surface area contributed by atoms with Crippen LogP contribution in [-0.2, 0) is 5.41 Å². The number of hydrogen-bond acceptors (Lipinski definition) is 5. The number of benzene rings is 2. The number of anilines is 1. The molecule has 0 bridgehead atoms. The Kier molecular flexibility index (Phi) is 8.26. The summed E-state index contributed by atoms with van der Waals surface area (Å²) in [5, 5.41) is 27.7. The Morgan fingerprint density at radius 3 is 2.40 bits per heavy atom. The third-order valence-corrected chi connectivity index (χ3v) is 7.75. The molecule has 0 unspecified atom stereocenters. The van der Waals surface area contributed by atoms with Crippen LogP contribution in [0.5, 0.6) is 5.75 Å². The van der Waals surface area contributed by atoms with Gasteiger partial charge in [-0.3, -0.25) is 20.7 Å². The highest BCUT2D eigenvalue weighted by molar-refractivity contribution is 5.89. The summed E-state index contributed by atoms with van der Waals surface area (Å²) >= 11 is 0. The topological polar surface area (TPSA) is 121 Å². The summed E-state index contributed by atoms with van der Waals surface area (Å²) in [7, 11) is 0. The van der Waals surface area contributed by atoms with Crippen LogP contribution in [0.2, 0.25) is 0 Å². The van der Waals surface area contributed by atoms with E-state index in [1.165, 1.54) is 0 Å². The van der Waals surface area contributed by atoms with Crippen molar-refractivity contribution < 1.29 is 9.53 Å². The Balaban J connectivity index is 1.35. The van der Waals surface area contributed by atoms with Crippen LogP contribution in [0.25, 0.3) is 5.69 Å². The van der Waals surface area contributed by atoms with Crippen molar-refractivity contribution in [2.45, 2.75) is 71.9 Å². The fourth-order valence-corrected chi connectivity index (χ4v) is 5.25. The van der Waals surface area contributed by atoms with E-state index in [0.717, 1.165) is 28.1 Å². The average Bonchev–Trinajstić information content (AvgIpc) is 3.39. The van der Waals surface area contributed by atoms with Crippen LogP contribution in [0, 0.1) is 23.7 Å². The van der Waals surface area contributed by atoms with E-state index in [4.69, 9.17) is 20.7 Å². The number of fused-ring (bicyclic) bond motifs is 1. The molecule has 2 amide bonds. The summed E-state index contributed by atoms with van der Waals surface area (Å²) in [5.41, 5.74) is 4.99. The van der Waals surface area contributed by atoms with E-state index in [9.17, 15) is 4.79 Å². The normalized spacial score (nSPS) is 16.4. The molecule has 2 aromatic carbocycles. The Morgan fingerprint density at radius 2 is 1.72 bits per heavy atom. The van der Waals surface area contributed by atoms with Crippen LogP contribution < -0.4 is 20.9 Å². The molecule has 0 saturated heterocycles. The molecule has 5 rings (SSSR count). The molecule has 1 aliphatic carbocycles. The van der Waals surface area contributed by atoms with Gasteiger partial charge in [-0.1, -0.05) is 76.6 Å². The molecule has 224 valence electrons. The number of pyridine rings is 1. The Bertz CT molecular complexity index is 1690. The maximum atomic E-state index is 13.4. The number of nitrogens with zero attached hydrogens (tertiary/aromatic N) is 3. The third kappa shape index (κ3) is 6.56. The monoisotopic (exact) mass is 579 g/mol. The first-order valence-electron chi connectivity index (χ1n) is 14.8. The van der Waals surface area contributed by atoms with Gasteiger partial charge in [-0.05, 0) is 55.2 Å². The minimum Gasteiger partial charge on any atom is -0.484 e. The molecule has 9 nitrogen and oxygen atoms in total. The number of nitrogens with one attached hydrogen (secondary N) is 4. The van der Waals surface area contributed by atoms with Gasteiger partial charge in [0, 0.05) is 17.4 Å².